The van der Waals surface area contributed by atoms with Crippen molar-refractivity contribution in [1.82, 2.24) is 24.5 Å². The summed E-state index contributed by atoms with van der Waals surface area (Å²) in [5.74, 6) is -0.350. The van der Waals surface area contributed by atoms with E-state index in [0.29, 0.717) is 11.2 Å². The van der Waals surface area contributed by atoms with E-state index in [1.54, 1.807) is 10.6 Å². The van der Waals surface area contributed by atoms with Crippen LogP contribution in [0.25, 0.3) is 27.8 Å². The minimum atomic E-state index is -0.462. The van der Waals surface area contributed by atoms with Crippen LogP contribution in [0.3, 0.4) is 0 Å². The monoisotopic (exact) mass is 334 g/mol. The minimum absolute atomic E-state index is 0.130. The normalized spacial score (nSPS) is 11.1. The predicted octanol–water partition coefficient (Wildman–Crippen LogP) is 1.50. The molecule has 4 aromatic rings. The fourth-order valence-corrected chi connectivity index (χ4v) is 2.85. The molecule has 0 bridgehead atoms. The van der Waals surface area contributed by atoms with Gasteiger partial charge >= 0.3 is 0 Å². The van der Waals surface area contributed by atoms with E-state index in [4.69, 9.17) is 0 Å². The number of aryl methyl sites for hydroxylation is 1. The van der Waals surface area contributed by atoms with Gasteiger partial charge in [-0.15, -0.1) is 10.2 Å². The maximum atomic E-state index is 12.5. The van der Waals surface area contributed by atoms with Gasteiger partial charge in [0.05, 0.1) is 11.3 Å². The highest BCUT2D eigenvalue weighted by molar-refractivity contribution is 5.85. The van der Waals surface area contributed by atoms with Gasteiger partial charge in [0.2, 0.25) is 5.91 Å². The number of hydrogen-bond donors (Lipinski definition) is 1. The van der Waals surface area contributed by atoms with E-state index in [1.807, 2.05) is 37.3 Å². The molecule has 0 aliphatic carbocycles. The lowest BCUT2D eigenvalue weighted by atomic mass is 10.1. The number of carbonyl (C=O) groups excluding carboxylic acids is 1. The number of amides is 1. The Balaban J connectivity index is 2.02. The van der Waals surface area contributed by atoms with E-state index in [1.165, 1.54) is 13.1 Å². The van der Waals surface area contributed by atoms with Crippen LogP contribution in [0.1, 0.15) is 12.6 Å². The van der Waals surface area contributed by atoms with Gasteiger partial charge in [-0.1, -0.05) is 30.3 Å². The van der Waals surface area contributed by atoms with Gasteiger partial charge in [0.15, 0.2) is 11.2 Å². The Kier molecular flexibility index (Phi) is 3.31. The van der Waals surface area contributed by atoms with E-state index < -0.39 is 5.56 Å². The molecule has 0 saturated carbocycles. The molecule has 0 unspecified atom stereocenters. The third-order valence-corrected chi connectivity index (χ3v) is 3.89. The standard InChI is InChI=1S/C17H14N6O2/c1-10-14(12-6-4-3-5-7-12)16-19-18-15-13(23(16)20-10)8-9-22(17(15)25)21-11(2)24/h3-9H,1-2H3,(H,21,24). The second-order valence-corrected chi connectivity index (χ2v) is 5.65. The molecule has 0 atom stereocenters. The molecule has 0 fully saturated rings. The van der Waals surface area contributed by atoms with Crippen molar-refractivity contribution < 1.29 is 4.79 Å². The van der Waals surface area contributed by atoms with Crippen molar-refractivity contribution in [1.29, 1.82) is 0 Å². The number of nitrogens with zero attached hydrogens (tertiary/aromatic N) is 5. The van der Waals surface area contributed by atoms with E-state index in [2.05, 4.69) is 20.7 Å². The first kappa shape index (κ1) is 15.0. The van der Waals surface area contributed by atoms with Crippen molar-refractivity contribution in [3.8, 4) is 11.1 Å². The number of benzene rings is 1. The molecule has 4 rings (SSSR count). The molecule has 0 aliphatic rings. The maximum absolute atomic E-state index is 12.5. The highest BCUT2D eigenvalue weighted by Crippen LogP contribution is 2.27. The zero-order chi connectivity index (χ0) is 17.6. The number of pyridine rings is 1. The van der Waals surface area contributed by atoms with Gasteiger partial charge in [0.25, 0.3) is 5.56 Å². The molecule has 124 valence electrons. The van der Waals surface area contributed by atoms with Crippen molar-refractivity contribution >= 4 is 22.6 Å². The van der Waals surface area contributed by atoms with Crippen LogP contribution in [0.4, 0.5) is 0 Å². The molecule has 0 aliphatic heterocycles. The Bertz CT molecular complexity index is 1180. The zero-order valence-corrected chi connectivity index (χ0v) is 13.6. The van der Waals surface area contributed by atoms with Crippen molar-refractivity contribution in [2.45, 2.75) is 13.8 Å². The van der Waals surface area contributed by atoms with Gasteiger partial charge in [-0.25, -0.2) is 9.19 Å². The van der Waals surface area contributed by atoms with Crippen LogP contribution >= 0.6 is 0 Å². The molecular formula is C17H14N6O2. The topological polar surface area (TPSA) is 94.2 Å². The van der Waals surface area contributed by atoms with Gasteiger partial charge < -0.3 is 0 Å². The molecule has 0 radical (unpaired) electrons. The lowest BCUT2D eigenvalue weighted by Gasteiger charge is -2.07. The Morgan fingerprint density at radius 1 is 1.12 bits per heavy atom. The SMILES string of the molecule is CC(=O)Nn1ccc2c(nnc3c(-c4ccccc4)c(C)nn32)c1=O. The van der Waals surface area contributed by atoms with Gasteiger partial charge in [-0.05, 0) is 18.6 Å². The molecule has 8 nitrogen and oxygen atoms in total. The van der Waals surface area contributed by atoms with E-state index in [-0.39, 0.29) is 11.4 Å². The number of rotatable bonds is 2. The second-order valence-electron chi connectivity index (χ2n) is 5.65. The lowest BCUT2D eigenvalue weighted by Crippen LogP contribution is -2.32. The first-order valence-corrected chi connectivity index (χ1v) is 7.66. The minimum Gasteiger partial charge on any atom is -0.274 e. The van der Waals surface area contributed by atoms with E-state index in [0.717, 1.165) is 21.5 Å². The Morgan fingerprint density at radius 3 is 2.60 bits per heavy atom. The molecule has 3 heterocycles. The molecule has 1 N–H and O–H groups in total. The van der Waals surface area contributed by atoms with Crippen LogP contribution in [0, 0.1) is 6.92 Å². The summed E-state index contributed by atoms with van der Waals surface area (Å²) in [5, 5.41) is 12.8. The summed E-state index contributed by atoms with van der Waals surface area (Å²) in [5.41, 5.74) is 5.85. The van der Waals surface area contributed by atoms with Gasteiger partial charge in [-0.2, -0.15) is 5.10 Å². The van der Waals surface area contributed by atoms with Crippen LogP contribution in [-0.2, 0) is 4.79 Å². The highest BCUT2D eigenvalue weighted by atomic mass is 16.2. The van der Waals surface area contributed by atoms with Crippen LogP contribution in [-0.4, -0.2) is 30.4 Å². The summed E-state index contributed by atoms with van der Waals surface area (Å²) in [6.07, 6.45) is 1.48. The predicted molar refractivity (Wildman–Crippen MR) is 92.8 cm³/mol. The summed E-state index contributed by atoms with van der Waals surface area (Å²) < 4.78 is 2.69. The summed E-state index contributed by atoms with van der Waals surface area (Å²) in [6, 6.07) is 11.5. The summed E-state index contributed by atoms with van der Waals surface area (Å²) in [6.45, 7) is 3.22. The number of nitrogens with one attached hydrogen (secondary N) is 1. The van der Waals surface area contributed by atoms with Crippen LogP contribution in [0.5, 0.6) is 0 Å². The number of aromatic nitrogens is 5. The molecule has 25 heavy (non-hydrogen) atoms. The third kappa shape index (κ3) is 2.35. The molecule has 1 aromatic carbocycles. The number of carbonyl (C=O) groups is 1. The highest BCUT2D eigenvalue weighted by Gasteiger charge is 2.17. The van der Waals surface area contributed by atoms with Crippen molar-refractivity contribution in [2.75, 3.05) is 5.43 Å². The van der Waals surface area contributed by atoms with Gasteiger partial charge in [-0.3, -0.25) is 15.0 Å². The Labute approximate surface area is 141 Å². The average molecular weight is 334 g/mol. The first-order chi connectivity index (χ1) is 12.1. The fraction of sp³-hybridized carbons (Fsp3) is 0.118. The van der Waals surface area contributed by atoms with Gasteiger partial charge in [0, 0.05) is 13.1 Å². The third-order valence-electron chi connectivity index (χ3n) is 3.89. The van der Waals surface area contributed by atoms with Crippen molar-refractivity contribution in [3.05, 3.63) is 58.6 Å². The Hall–Kier alpha value is -3.55. The van der Waals surface area contributed by atoms with Crippen LogP contribution < -0.4 is 11.0 Å². The smallest absolute Gasteiger partial charge is 0.274 e. The van der Waals surface area contributed by atoms with Crippen molar-refractivity contribution in [2.24, 2.45) is 0 Å². The number of hydrogen-bond acceptors (Lipinski definition) is 5. The molecule has 3 aromatic heterocycles. The number of fused-ring (bicyclic) bond motifs is 3. The second kappa shape index (κ2) is 5.52. The van der Waals surface area contributed by atoms with Gasteiger partial charge in [0.1, 0.15) is 5.52 Å². The average Bonchev–Trinajstić information content (AvgIpc) is 2.94. The summed E-state index contributed by atoms with van der Waals surface area (Å²) in [7, 11) is 0. The van der Waals surface area contributed by atoms with E-state index in [9.17, 15) is 9.59 Å². The quantitative estimate of drug-likeness (QED) is 0.599. The Morgan fingerprint density at radius 2 is 1.88 bits per heavy atom. The zero-order valence-electron chi connectivity index (χ0n) is 13.6. The molecule has 8 heteroatoms. The van der Waals surface area contributed by atoms with Crippen LogP contribution in [0.2, 0.25) is 0 Å². The van der Waals surface area contributed by atoms with E-state index >= 15 is 0 Å². The fourth-order valence-electron chi connectivity index (χ4n) is 2.85. The molecule has 1 amide bonds. The first-order valence-electron chi connectivity index (χ1n) is 7.66. The molecule has 0 saturated heterocycles. The maximum Gasteiger partial charge on any atom is 0.299 e. The molecule has 0 spiro atoms. The largest absolute Gasteiger partial charge is 0.299 e. The summed E-state index contributed by atoms with van der Waals surface area (Å²) >= 11 is 0. The van der Waals surface area contributed by atoms with Crippen LogP contribution in [0.15, 0.2) is 47.4 Å². The van der Waals surface area contributed by atoms with Crippen molar-refractivity contribution in [3.63, 3.8) is 0 Å². The lowest BCUT2D eigenvalue weighted by molar-refractivity contribution is -0.115. The molecular weight excluding hydrogens is 320 g/mol. The summed E-state index contributed by atoms with van der Waals surface area (Å²) in [4.78, 5) is 23.7.